The van der Waals surface area contributed by atoms with Crippen molar-refractivity contribution in [2.45, 2.75) is 58.1 Å². The van der Waals surface area contributed by atoms with Crippen LogP contribution < -0.4 is 20.5 Å². The van der Waals surface area contributed by atoms with E-state index in [0.717, 1.165) is 19.3 Å². The Morgan fingerprint density at radius 2 is 1.78 bits per heavy atom. The SMILES string of the molecule is CC(C)(C)OC(=O)N[C@@H](Cc1ccc(OCC(=O)[O-])c(C#N)c1)C(=O)NCCCCc1ccccc1. The Bertz CT molecular complexity index is 1070. The minimum Gasteiger partial charge on any atom is -0.546 e. The van der Waals surface area contributed by atoms with Crippen molar-refractivity contribution in [3.8, 4) is 11.8 Å². The van der Waals surface area contributed by atoms with Crippen molar-refractivity contribution < 1.29 is 29.0 Å². The fourth-order valence-corrected chi connectivity index (χ4v) is 3.38. The van der Waals surface area contributed by atoms with Gasteiger partial charge < -0.3 is 30.0 Å². The van der Waals surface area contributed by atoms with Crippen LogP contribution in [0.3, 0.4) is 0 Å². The summed E-state index contributed by atoms with van der Waals surface area (Å²) < 4.78 is 10.4. The van der Waals surface area contributed by atoms with E-state index in [9.17, 15) is 24.8 Å². The van der Waals surface area contributed by atoms with Crippen LogP contribution in [0.2, 0.25) is 0 Å². The van der Waals surface area contributed by atoms with Crippen LogP contribution in [-0.4, -0.2) is 42.8 Å². The normalized spacial score (nSPS) is 11.6. The minimum atomic E-state index is -1.41. The van der Waals surface area contributed by atoms with E-state index in [1.807, 2.05) is 24.3 Å². The van der Waals surface area contributed by atoms with Gasteiger partial charge in [0.2, 0.25) is 5.91 Å². The van der Waals surface area contributed by atoms with Crippen LogP contribution in [0.5, 0.6) is 5.75 Å². The number of hydrogen-bond donors (Lipinski definition) is 2. The molecule has 2 N–H and O–H groups in total. The number of carbonyl (C=O) groups excluding carboxylic acids is 3. The third kappa shape index (κ3) is 10.5. The van der Waals surface area contributed by atoms with Crippen molar-refractivity contribution in [2.75, 3.05) is 13.2 Å². The largest absolute Gasteiger partial charge is 0.546 e. The highest BCUT2D eigenvalue weighted by molar-refractivity contribution is 5.86. The van der Waals surface area contributed by atoms with Gasteiger partial charge in [0.25, 0.3) is 0 Å². The molecule has 0 saturated carbocycles. The third-order valence-electron chi connectivity index (χ3n) is 4.99. The zero-order valence-corrected chi connectivity index (χ0v) is 20.8. The number of hydrogen-bond acceptors (Lipinski definition) is 7. The van der Waals surface area contributed by atoms with Crippen LogP contribution in [0, 0.1) is 11.3 Å². The summed E-state index contributed by atoms with van der Waals surface area (Å²) in [7, 11) is 0. The predicted octanol–water partition coefficient (Wildman–Crippen LogP) is 2.26. The molecule has 2 rings (SSSR count). The summed E-state index contributed by atoms with van der Waals surface area (Å²) in [6.45, 7) is 4.91. The number of carboxylic acids is 1. The summed E-state index contributed by atoms with van der Waals surface area (Å²) in [5.41, 5.74) is 1.17. The Labute approximate surface area is 211 Å². The number of aliphatic carboxylic acids is 1. The lowest BCUT2D eigenvalue weighted by Gasteiger charge is -2.23. The molecule has 192 valence electrons. The Morgan fingerprint density at radius 1 is 1.06 bits per heavy atom. The molecular weight excluding hydrogens is 462 g/mol. The molecule has 1 atom stereocenters. The number of benzene rings is 2. The van der Waals surface area contributed by atoms with Crippen molar-refractivity contribution in [3.05, 3.63) is 65.2 Å². The number of nitrogens with one attached hydrogen (secondary N) is 2. The van der Waals surface area contributed by atoms with E-state index in [1.165, 1.54) is 17.7 Å². The van der Waals surface area contributed by atoms with Crippen molar-refractivity contribution in [2.24, 2.45) is 0 Å². The molecule has 0 bridgehead atoms. The first-order valence-electron chi connectivity index (χ1n) is 11.7. The molecule has 0 heterocycles. The van der Waals surface area contributed by atoms with Gasteiger partial charge in [0.15, 0.2) is 0 Å². The number of nitriles is 1. The van der Waals surface area contributed by atoms with Gasteiger partial charge in [-0.15, -0.1) is 0 Å². The molecule has 0 aliphatic rings. The topological polar surface area (TPSA) is 141 Å². The minimum absolute atomic E-state index is 0.0878. The zero-order chi connectivity index (χ0) is 26.6. The summed E-state index contributed by atoms with van der Waals surface area (Å²) in [6.07, 6.45) is 1.92. The van der Waals surface area contributed by atoms with Gasteiger partial charge >= 0.3 is 6.09 Å². The number of unbranched alkanes of at least 4 members (excludes halogenated alkanes) is 1. The average molecular weight is 495 g/mol. The van der Waals surface area contributed by atoms with Gasteiger partial charge in [-0.25, -0.2) is 4.79 Å². The first-order valence-corrected chi connectivity index (χ1v) is 11.7. The second-order valence-electron chi connectivity index (χ2n) is 9.24. The van der Waals surface area contributed by atoms with E-state index >= 15 is 0 Å². The number of ether oxygens (including phenoxy) is 2. The second-order valence-corrected chi connectivity index (χ2v) is 9.24. The van der Waals surface area contributed by atoms with Crippen LogP contribution in [-0.2, 0) is 27.2 Å². The second kappa shape index (κ2) is 13.7. The molecule has 2 aromatic carbocycles. The zero-order valence-electron chi connectivity index (χ0n) is 20.8. The third-order valence-corrected chi connectivity index (χ3v) is 4.99. The summed E-state index contributed by atoms with van der Waals surface area (Å²) in [4.78, 5) is 36.0. The van der Waals surface area contributed by atoms with Crippen LogP contribution >= 0.6 is 0 Å². The summed E-state index contributed by atoms with van der Waals surface area (Å²) in [5, 5.41) is 25.5. The Morgan fingerprint density at radius 3 is 2.42 bits per heavy atom. The van der Waals surface area contributed by atoms with Gasteiger partial charge in [-0.3, -0.25) is 4.79 Å². The number of aryl methyl sites for hydroxylation is 1. The summed E-state index contributed by atoms with van der Waals surface area (Å²) in [5.74, 6) is -1.70. The molecule has 9 nitrogen and oxygen atoms in total. The van der Waals surface area contributed by atoms with Crippen molar-refractivity contribution in [3.63, 3.8) is 0 Å². The van der Waals surface area contributed by atoms with E-state index in [4.69, 9.17) is 9.47 Å². The van der Waals surface area contributed by atoms with E-state index in [1.54, 1.807) is 26.8 Å². The maximum Gasteiger partial charge on any atom is 0.408 e. The molecule has 0 radical (unpaired) electrons. The van der Waals surface area contributed by atoms with Crippen LogP contribution in [0.1, 0.15) is 50.3 Å². The first kappa shape index (κ1) is 28.2. The van der Waals surface area contributed by atoms with Gasteiger partial charge in [0, 0.05) is 13.0 Å². The van der Waals surface area contributed by atoms with Gasteiger partial charge in [0.05, 0.1) is 11.5 Å². The lowest BCUT2D eigenvalue weighted by atomic mass is 10.0. The quantitative estimate of drug-likeness (QED) is 0.431. The van der Waals surface area contributed by atoms with Crippen LogP contribution in [0.4, 0.5) is 4.79 Å². The fraction of sp³-hybridized carbons (Fsp3) is 0.407. The Kier molecular flexibility index (Phi) is 10.7. The summed E-state index contributed by atoms with van der Waals surface area (Å²) in [6, 6.07) is 15.6. The molecule has 0 aromatic heterocycles. The molecule has 0 aliphatic heterocycles. The maximum atomic E-state index is 12.9. The molecule has 9 heteroatoms. The molecule has 2 aromatic rings. The van der Waals surface area contributed by atoms with E-state index in [2.05, 4.69) is 22.8 Å². The monoisotopic (exact) mass is 494 g/mol. The molecule has 0 spiro atoms. The number of carboxylic acid groups (broad SMARTS) is 1. The molecular formula is C27H32N3O6-. The lowest BCUT2D eigenvalue weighted by molar-refractivity contribution is -0.307. The standard InChI is InChI=1S/C27H33N3O6/c1-27(2,3)36-26(34)30-22(25(33)29-14-8-7-11-19-9-5-4-6-10-19)16-20-12-13-23(21(15-20)17-28)35-18-24(31)32/h4-6,9-10,12-13,15,22H,7-8,11,14,16,18H2,1-3H3,(H,29,33)(H,30,34)(H,31,32)/p-1/t22-/m0/s1. The van der Waals surface area contributed by atoms with E-state index < -0.39 is 30.3 Å². The molecule has 0 aliphatic carbocycles. The molecule has 0 fully saturated rings. The maximum absolute atomic E-state index is 12.9. The number of carbonyl (C=O) groups is 3. The lowest BCUT2D eigenvalue weighted by Crippen LogP contribution is -2.49. The molecule has 0 unspecified atom stereocenters. The van der Waals surface area contributed by atoms with Gasteiger partial charge in [-0.05, 0) is 63.3 Å². The highest BCUT2D eigenvalue weighted by Crippen LogP contribution is 2.20. The van der Waals surface area contributed by atoms with Crippen molar-refractivity contribution in [1.82, 2.24) is 10.6 Å². The first-order chi connectivity index (χ1) is 17.1. The number of amides is 2. The number of rotatable bonds is 12. The van der Waals surface area contributed by atoms with Gasteiger partial charge in [-0.2, -0.15) is 5.26 Å². The van der Waals surface area contributed by atoms with E-state index in [-0.39, 0.29) is 23.6 Å². The van der Waals surface area contributed by atoms with E-state index in [0.29, 0.717) is 12.1 Å². The fourth-order valence-electron chi connectivity index (χ4n) is 3.38. The Balaban J connectivity index is 2.03. The van der Waals surface area contributed by atoms with Crippen molar-refractivity contribution >= 4 is 18.0 Å². The molecule has 0 saturated heterocycles. The van der Waals surface area contributed by atoms with Crippen LogP contribution in [0.25, 0.3) is 0 Å². The summed E-state index contributed by atoms with van der Waals surface area (Å²) >= 11 is 0. The average Bonchev–Trinajstić information content (AvgIpc) is 2.81. The number of alkyl carbamates (subject to hydrolysis) is 1. The smallest absolute Gasteiger partial charge is 0.408 e. The highest BCUT2D eigenvalue weighted by Gasteiger charge is 2.25. The van der Waals surface area contributed by atoms with Gasteiger partial charge in [0.1, 0.15) is 30.1 Å². The van der Waals surface area contributed by atoms with Crippen molar-refractivity contribution in [1.29, 1.82) is 5.26 Å². The van der Waals surface area contributed by atoms with Gasteiger partial charge in [-0.1, -0.05) is 36.4 Å². The number of nitrogens with zero attached hydrogens (tertiary/aromatic N) is 1. The van der Waals surface area contributed by atoms with Crippen LogP contribution in [0.15, 0.2) is 48.5 Å². The molecule has 2 amide bonds. The predicted molar refractivity (Wildman–Crippen MR) is 131 cm³/mol. The Hall–Kier alpha value is -4.06. The highest BCUT2D eigenvalue weighted by atomic mass is 16.6. The molecule has 36 heavy (non-hydrogen) atoms.